The van der Waals surface area contributed by atoms with Gasteiger partial charge in [-0.1, -0.05) is 6.92 Å². The SMILES string of the molecule is CCC1(C(=O)O)CCCN1C(=O)CCN1C(=O)CCC1=O. The van der Waals surface area contributed by atoms with Crippen molar-refractivity contribution in [2.24, 2.45) is 0 Å². The third-order valence-electron chi connectivity index (χ3n) is 4.48. The standard InChI is InChI=1S/C14H20N2O5/c1-2-14(13(20)21)7-3-8-16(14)12(19)6-9-15-10(17)4-5-11(15)18/h2-9H2,1H3,(H,20,21). The fraction of sp³-hybridized carbons (Fsp3) is 0.714. The van der Waals surface area contributed by atoms with Crippen LogP contribution in [-0.2, 0) is 19.2 Å². The average Bonchev–Trinajstić information content (AvgIpc) is 3.02. The number of carboxylic acids is 1. The van der Waals surface area contributed by atoms with Crippen LogP contribution in [0.2, 0.25) is 0 Å². The normalized spacial score (nSPS) is 25.8. The molecule has 7 heteroatoms. The molecule has 116 valence electrons. The van der Waals surface area contributed by atoms with Gasteiger partial charge in [0.1, 0.15) is 5.54 Å². The van der Waals surface area contributed by atoms with E-state index in [1.165, 1.54) is 4.90 Å². The molecule has 3 amide bonds. The quantitative estimate of drug-likeness (QED) is 0.740. The highest BCUT2D eigenvalue weighted by Crippen LogP contribution is 2.33. The van der Waals surface area contributed by atoms with Crippen LogP contribution in [-0.4, -0.2) is 57.2 Å². The zero-order valence-corrected chi connectivity index (χ0v) is 12.1. The Morgan fingerprint density at radius 1 is 1.24 bits per heavy atom. The first kappa shape index (κ1) is 15.5. The highest BCUT2D eigenvalue weighted by atomic mass is 16.4. The van der Waals surface area contributed by atoms with E-state index in [1.807, 2.05) is 0 Å². The summed E-state index contributed by atoms with van der Waals surface area (Å²) >= 11 is 0. The first-order valence-electron chi connectivity index (χ1n) is 7.29. The number of carbonyl (C=O) groups excluding carboxylic acids is 3. The van der Waals surface area contributed by atoms with Gasteiger partial charge in [-0.05, 0) is 19.3 Å². The summed E-state index contributed by atoms with van der Waals surface area (Å²) < 4.78 is 0. The fourth-order valence-electron chi connectivity index (χ4n) is 3.20. The van der Waals surface area contributed by atoms with Crippen molar-refractivity contribution in [3.05, 3.63) is 0 Å². The number of rotatable bonds is 5. The maximum atomic E-state index is 12.3. The third-order valence-corrected chi connectivity index (χ3v) is 4.48. The number of amides is 3. The largest absolute Gasteiger partial charge is 0.479 e. The first-order chi connectivity index (χ1) is 9.92. The van der Waals surface area contributed by atoms with Gasteiger partial charge in [0.15, 0.2) is 0 Å². The molecule has 2 rings (SSSR count). The van der Waals surface area contributed by atoms with Gasteiger partial charge in [0.05, 0.1) is 0 Å². The van der Waals surface area contributed by atoms with Gasteiger partial charge in [-0.25, -0.2) is 4.79 Å². The van der Waals surface area contributed by atoms with Crippen LogP contribution in [0.4, 0.5) is 0 Å². The van der Waals surface area contributed by atoms with E-state index in [2.05, 4.69) is 0 Å². The molecular formula is C14H20N2O5. The van der Waals surface area contributed by atoms with Crippen molar-refractivity contribution < 1.29 is 24.3 Å². The highest BCUT2D eigenvalue weighted by molar-refractivity contribution is 6.02. The molecule has 0 aliphatic carbocycles. The molecule has 0 aromatic rings. The minimum Gasteiger partial charge on any atom is -0.479 e. The number of carboxylic acid groups (broad SMARTS) is 1. The van der Waals surface area contributed by atoms with Crippen LogP contribution in [0.25, 0.3) is 0 Å². The molecule has 1 unspecified atom stereocenters. The summed E-state index contributed by atoms with van der Waals surface area (Å²) in [6.45, 7) is 2.22. The number of likely N-dealkylation sites (tertiary alicyclic amines) is 2. The minimum atomic E-state index is -1.13. The number of hydrogen-bond acceptors (Lipinski definition) is 4. The summed E-state index contributed by atoms with van der Waals surface area (Å²) in [5, 5.41) is 9.43. The lowest BCUT2D eigenvalue weighted by Crippen LogP contribution is -2.53. The van der Waals surface area contributed by atoms with E-state index in [0.29, 0.717) is 25.8 Å². The van der Waals surface area contributed by atoms with Gasteiger partial charge in [0.2, 0.25) is 17.7 Å². The molecule has 0 saturated carbocycles. The molecule has 2 fully saturated rings. The van der Waals surface area contributed by atoms with Crippen LogP contribution < -0.4 is 0 Å². The zero-order chi connectivity index (χ0) is 15.6. The van der Waals surface area contributed by atoms with E-state index >= 15 is 0 Å². The summed E-state index contributed by atoms with van der Waals surface area (Å²) in [6.07, 6.45) is 1.86. The molecular weight excluding hydrogens is 276 g/mol. The predicted molar refractivity (Wildman–Crippen MR) is 72.2 cm³/mol. The predicted octanol–water partition coefficient (Wildman–Crippen LogP) is 0.381. The summed E-state index contributed by atoms with van der Waals surface area (Å²) in [6, 6.07) is 0. The molecule has 7 nitrogen and oxygen atoms in total. The van der Waals surface area contributed by atoms with E-state index in [0.717, 1.165) is 4.90 Å². The summed E-state index contributed by atoms with van der Waals surface area (Å²) in [5.74, 6) is -1.79. The van der Waals surface area contributed by atoms with E-state index in [1.54, 1.807) is 6.92 Å². The Labute approximate surface area is 122 Å². The monoisotopic (exact) mass is 296 g/mol. The lowest BCUT2D eigenvalue weighted by Gasteiger charge is -2.34. The van der Waals surface area contributed by atoms with Crippen LogP contribution in [0.1, 0.15) is 45.4 Å². The Hall–Kier alpha value is -1.92. The van der Waals surface area contributed by atoms with Gasteiger partial charge >= 0.3 is 5.97 Å². The molecule has 0 radical (unpaired) electrons. The van der Waals surface area contributed by atoms with Gasteiger partial charge in [-0.15, -0.1) is 0 Å². The summed E-state index contributed by atoms with van der Waals surface area (Å²) in [7, 11) is 0. The second-order valence-corrected chi connectivity index (χ2v) is 5.53. The molecule has 0 spiro atoms. The first-order valence-corrected chi connectivity index (χ1v) is 7.29. The molecule has 21 heavy (non-hydrogen) atoms. The lowest BCUT2D eigenvalue weighted by molar-refractivity contribution is -0.157. The molecule has 0 bridgehead atoms. The second kappa shape index (κ2) is 5.83. The highest BCUT2D eigenvalue weighted by Gasteiger charge is 2.48. The fourth-order valence-corrected chi connectivity index (χ4v) is 3.20. The molecule has 1 atom stereocenters. The van der Waals surface area contributed by atoms with Gasteiger partial charge in [-0.2, -0.15) is 0 Å². The zero-order valence-electron chi connectivity index (χ0n) is 12.1. The number of carbonyl (C=O) groups is 4. The van der Waals surface area contributed by atoms with Crippen molar-refractivity contribution in [2.45, 2.75) is 51.0 Å². The number of imide groups is 1. The minimum absolute atomic E-state index is 0.00743. The second-order valence-electron chi connectivity index (χ2n) is 5.53. The number of aliphatic carboxylic acids is 1. The van der Waals surface area contributed by atoms with E-state index in [9.17, 15) is 24.3 Å². The maximum Gasteiger partial charge on any atom is 0.329 e. The Morgan fingerprint density at radius 3 is 2.38 bits per heavy atom. The number of hydrogen-bond donors (Lipinski definition) is 1. The van der Waals surface area contributed by atoms with Gasteiger partial charge in [0.25, 0.3) is 0 Å². The van der Waals surface area contributed by atoms with E-state index in [4.69, 9.17) is 0 Å². The van der Waals surface area contributed by atoms with Crippen LogP contribution >= 0.6 is 0 Å². The summed E-state index contributed by atoms with van der Waals surface area (Å²) in [4.78, 5) is 49.3. The smallest absolute Gasteiger partial charge is 0.329 e. The van der Waals surface area contributed by atoms with E-state index < -0.39 is 11.5 Å². The van der Waals surface area contributed by atoms with Crippen molar-refractivity contribution >= 4 is 23.7 Å². The maximum absolute atomic E-state index is 12.3. The van der Waals surface area contributed by atoms with Gasteiger partial charge in [0, 0.05) is 32.4 Å². The number of nitrogens with zero attached hydrogens (tertiary/aromatic N) is 2. The van der Waals surface area contributed by atoms with Crippen molar-refractivity contribution in [3.8, 4) is 0 Å². The Balaban J connectivity index is 2.01. The van der Waals surface area contributed by atoms with E-state index in [-0.39, 0.29) is 43.5 Å². The summed E-state index contributed by atoms with van der Waals surface area (Å²) in [5.41, 5.74) is -1.13. The molecule has 0 aromatic heterocycles. The van der Waals surface area contributed by atoms with Crippen LogP contribution in [0.5, 0.6) is 0 Å². The molecule has 2 heterocycles. The van der Waals surface area contributed by atoms with Crippen molar-refractivity contribution in [2.75, 3.05) is 13.1 Å². The third kappa shape index (κ3) is 2.64. The van der Waals surface area contributed by atoms with Crippen molar-refractivity contribution in [1.82, 2.24) is 9.80 Å². The van der Waals surface area contributed by atoms with Crippen LogP contribution in [0, 0.1) is 0 Å². The molecule has 1 N–H and O–H groups in total. The Bertz CT molecular complexity index is 474. The van der Waals surface area contributed by atoms with Gasteiger partial charge in [-0.3, -0.25) is 19.3 Å². The topological polar surface area (TPSA) is 95.0 Å². The van der Waals surface area contributed by atoms with Crippen molar-refractivity contribution in [3.63, 3.8) is 0 Å². The molecule has 2 aliphatic heterocycles. The van der Waals surface area contributed by atoms with Crippen LogP contribution in [0.3, 0.4) is 0 Å². The molecule has 0 aromatic carbocycles. The van der Waals surface area contributed by atoms with Crippen molar-refractivity contribution in [1.29, 1.82) is 0 Å². The van der Waals surface area contributed by atoms with Crippen LogP contribution in [0.15, 0.2) is 0 Å². The Kier molecular flexibility index (Phi) is 4.29. The lowest BCUT2D eigenvalue weighted by atomic mass is 9.93. The average molecular weight is 296 g/mol. The molecule has 2 aliphatic rings. The molecule has 2 saturated heterocycles. The Morgan fingerprint density at radius 2 is 1.86 bits per heavy atom. The van der Waals surface area contributed by atoms with Gasteiger partial charge < -0.3 is 10.0 Å².